The molecule has 2 fully saturated rings. The fourth-order valence-corrected chi connectivity index (χ4v) is 2.72. The molecule has 0 bridgehead atoms. The van der Waals surface area contributed by atoms with E-state index < -0.39 is 0 Å². The number of fused-ring (bicyclic) bond motifs is 1. The van der Waals surface area contributed by atoms with Crippen LogP contribution in [-0.2, 0) is 14.3 Å². The molecule has 2 rings (SSSR count). The predicted octanol–water partition coefficient (Wildman–Crippen LogP) is 2.14. The quantitative estimate of drug-likeness (QED) is 0.531. The van der Waals surface area contributed by atoms with Crippen molar-refractivity contribution in [1.82, 2.24) is 0 Å². The molecule has 0 aromatic rings. The highest BCUT2D eigenvalue weighted by Crippen LogP contribution is 2.53. The summed E-state index contributed by atoms with van der Waals surface area (Å²) in [5, 5.41) is 0. The van der Waals surface area contributed by atoms with E-state index in [1.54, 1.807) is 0 Å². The molecule has 1 saturated carbocycles. The fraction of sp³-hybridized carbons (Fsp3) is 0.917. The summed E-state index contributed by atoms with van der Waals surface area (Å²) in [6.07, 6.45) is 4.09. The highest BCUT2D eigenvalue weighted by Gasteiger charge is 2.60. The summed E-state index contributed by atoms with van der Waals surface area (Å²) in [5.41, 5.74) is -0.140. The second kappa shape index (κ2) is 3.78. The smallest absolute Gasteiger partial charge is 0.308 e. The van der Waals surface area contributed by atoms with Crippen molar-refractivity contribution in [2.24, 2.45) is 11.8 Å². The molecule has 0 aromatic heterocycles. The Balaban J connectivity index is 1.89. The van der Waals surface area contributed by atoms with E-state index in [1.165, 1.54) is 13.5 Å². The molecule has 0 aromatic carbocycles. The van der Waals surface area contributed by atoms with Gasteiger partial charge in [0.2, 0.25) is 0 Å². The Hall–Kier alpha value is -0.570. The Morgan fingerprint density at radius 2 is 2.33 bits per heavy atom. The minimum Gasteiger partial charge on any atom is -0.469 e. The van der Waals surface area contributed by atoms with Gasteiger partial charge in [0.25, 0.3) is 0 Å². The van der Waals surface area contributed by atoms with Crippen molar-refractivity contribution >= 4 is 5.97 Å². The SMILES string of the molecule is COC(=O)C[C@@]12CC[C@H](C(C)C)CC1O2. The van der Waals surface area contributed by atoms with Gasteiger partial charge >= 0.3 is 5.97 Å². The Bertz CT molecular complexity index is 262. The van der Waals surface area contributed by atoms with E-state index in [9.17, 15) is 4.79 Å². The van der Waals surface area contributed by atoms with Crippen LogP contribution < -0.4 is 0 Å². The number of hydrogen-bond donors (Lipinski definition) is 0. The maximum Gasteiger partial charge on any atom is 0.308 e. The monoisotopic (exact) mass is 212 g/mol. The lowest BCUT2D eigenvalue weighted by Gasteiger charge is -2.26. The van der Waals surface area contributed by atoms with Crippen LogP contribution in [0.3, 0.4) is 0 Å². The first-order valence-electron chi connectivity index (χ1n) is 5.82. The van der Waals surface area contributed by atoms with Crippen LogP contribution in [-0.4, -0.2) is 24.8 Å². The molecular weight excluding hydrogens is 192 g/mol. The Labute approximate surface area is 91.1 Å². The zero-order chi connectivity index (χ0) is 11.1. The van der Waals surface area contributed by atoms with Crippen molar-refractivity contribution in [3.8, 4) is 0 Å². The summed E-state index contributed by atoms with van der Waals surface area (Å²) in [5.74, 6) is 1.36. The number of epoxide rings is 1. The first-order valence-corrected chi connectivity index (χ1v) is 5.82. The molecule has 1 saturated heterocycles. The van der Waals surface area contributed by atoms with Crippen molar-refractivity contribution < 1.29 is 14.3 Å². The number of esters is 1. The number of ether oxygens (including phenoxy) is 2. The summed E-state index contributed by atoms with van der Waals surface area (Å²) < 4.78 is 10.4. The second-order valence-electron chi connectivity index (χ2n) is 5.20. The molecule has 1 aliphatic carbocycles. The van der Waals surface area contributed by atoms with E-state index >= 15 is 0 Å². The highest BCUT2D eigenvalue weighted by atomic mass is 16.6. The van der Waals surface area contributed by atoms with Crippen LogP contribution in [0.2, 0.25) is 0 Å². The summed E-state index contributed by atoms with van der Waals surface area (Å²) in [7, 11) is 1.44. The Morgan fingerprint density at radius 3 is 2.87 bits per heavy atom. The van der Waals surface area contributed by atoms with Gasteiger partial charge in [-0.05, 0) is 31.1 Å². The van der Waals surface area contributed by atoms with E-state index in [-0.39, 0.29) is 11.6 Å². The molecular formula is C12H20O3. The molecule has 0 amide bonds. The van der Waals surface area contributed by atoms with Crippen LogP contribution in [0.5, 0.6) is 0 Å². The molecule has 1 heterocycles. The number of carbonyl (C=O) groups is 1. The molecule has 2 aliphatic rings. The largest absolute Gasteiger partial charge is 0.469 e. The van der Waals surface area contributed by atoms with E-state index in [1.807, 2.05) is 0 Å². The van der Waals surface area contributed by atoms with Crippen molar-refractivity contribution in [1.29, 1.82) is 0 Å². The van der Waals surface area contributed by atoms with Gasteiger partial charge in [0.15, 0.2) is 0 Å². The lowest BCUT2D eigenvalue weighted by atomic mass is 9.76. The third-order valence-corrected chi connectivity index (χ3v) is 3.98. The lowest BCUT2D eigenvalue weighted by Crippen LogP contribution is -2.29. The van der Waals surface area contributed by atoms with Crippen LogP contribution in [0, 0.1) is 11.8 Å². The van der Waals surface area contributed by atoms with Crippen LogP contribution in [0.25, 0.3) is 0 Å². The number of carbonyl (C=O) groups excluding carboxylic acids is 1. The lowest BCUT2D eigenvalue weighted by molar-refractivity contribution is -0.142. The summed E-state index contributed by atoms with van der Waals surface area (Å²) in [6.45, 7) is 4.53. The third-order valence-electron chi connectivity index (χ3n) is 3.98. The second-order valence-corrected chi connectivity index (χ2v) is 5.20. The van der Waals surface area contributed by atoms with Crippen molar-refractivity contribution in [3.63, 3.8) is 0 Å². The standard InChI is InChI=1S/C12H20O3/c1-8(2)9-4-5-12(7-11(13)14-3)10(6-9)15-12/h8-10H,4-7H2,1-3H3/t9-,10?,12-/m0/s1. The van der Waals surface area contributed by atoms with E-state index in [2.05, 4.69) is 13.8 Å². The summed E-state index contributed by atoms with van der Waals surface area (Å²) in [6, 6.07) is 0. The number of rotatable bonds is 3. The van der Waals surface area contributed by atoms with Crippen LogP contribution in [0.15, 0.2) is 0 Å². The van der Waals surface area contributed by atoms with Gasteiger partial charge in [-0.1, -0.05) is 13.8 Å². The molecule has 0 spiro atoms. The predicted molar refractivity (Wildman–Crippen MR) is 56.4 cm³/mol. The molecule has 1 unspecified atom stereocenters. The minimum absolute atomic E-state index is 0.138. The van der Waals surface area contributed by atoms with Gasteiger partial charge in [0.1, 0.15) is 5.60 Å². The van der Waals surface area contributed by atoms with Crippen molar-refractivity contribution in [2.45, 2.75) is 51.2 Å². The zero-order valence-corrected chi connectivity index (χ0v) is 9.79. The first kappa shape index (κ1) is 10.9. The molecule has 0 N–H and O–H groups in total. The number of methoxy groups -OCH3 is 1. The average Bonchev–Trinajstić information content (AvgIpc) is 2.90. The normalized spacial score (nSPS) is 38.7. The van der Waals surface area contributed by atoms with Gasteiger partial charge in [-0.2, -0.15) is 0 Å². The maximum absolute atomic E-state index is 11.2. The van der Waals surface area contributed by atoms with Gasteiger partial charge in [-0.15, -0.1) is 0 Å². The van der Waals surface area contributed by atoms with E-state index in [4.69, 9.17) is 9.47 Å². The maximum atomic E-state index is 11.2. The van der Waals surface area contributed by atoms with Crippen LogP contribution in [0.1, 0.15) is 39.5 Å². The topological polar surface area (TPSA) is 38.8 Å². The van der Waals surface area contributed by atoms with Gasteiger partial charge < -0.3 is 9.47 Å². The summed E-state index contributed by atoms with van der Waals surface area (Å²) in [4.78, 5) is 11.2. The van der Waals surface area contributed by atoms with Crippen molar-refractivity contribution in [3.05, 3.63) is 0 Å². The van der Waals surface area contributed by atoms with Crippen molar-refractivity contribution in [2.75, 3.05) is 7.11 Å². The van der Waals surface area contributed by atoms with Gasteiger partial charge in [0, 0.05) is 0 Å². The molecule has 1 aliphatic heterocycles. The van der Waals surface area contributed by atoms with Gasteiger partial charge in [0.05, 0.1) is 19.6 Å². The Morgan fingerprint density at radius 1 is 1.60 bits per heavy atom. The fourth-order valence-electron chi connectivity index (χ4n) is 2.72. The Kier molecular flexibility index (Phi) is 2.75. The van der Waals surface area contributed by atoms with E-state index in [0.717, 1.165) is 24.7 Å². The van der Waals surface area contributed by atoms with Crippen LogP contribution in [0.4, 0.5) is 0 Å². The third kappa shape index (κ3) is 2.03. The highest BCUT2D eigenvalue weighted by molar-refractivity contribution is 5.71. The molecule has 86 valence electrons. The van der Waals surface area contributed by atoms with E-state index in [0.29, 0.717) is 12.5 Å². The van der Waals surface area contributed by atoms with Gasteiger partial charge in [-0.3, -0.25) is 4.79 Å². The molecule has 15 heavy (non-hydrogen) atoms. The number of hydrogen-bond acceptors (Lipinski definition) is 3. The van der Waals surface area contributed by atoms with Crippen LogP contribution >= 0.6 is 0 Å². The molecule has 3 atom stereocenters. The molecule has 0 radical (unpaired) electrons. The molecule has 3 nitrogen and oxygen atoms in total. The first-order chi connectivity index (χ1) is 7.07. The summed E-state index contributed by atoms with van der Waals surface area (Å²) >= 11 is 0. The minimum atomic E-state index is -0.140. The van der Waals surface area contributed by atoms with Gasteiger partial charge in [-0.25, -0.2) is 0 Å². The molecule has 3 heteroatoms. The zero-order valence-electron chi connectivity index (χ0n) is 9.79. The average molecular weight is 212 g/mol.